The number of oxazole rings is 1. The van der Waals surface area contributed by atoms with Crippen molar-refractivity contribution in [3.63, 3.8) is 0 Å². The Balaban J connectivity index is 1.76. The smallest absolute Gasteiger partial charge is 0.226 e. The van der Waals surface area contributed by atoms with Crippen molar-refractivity contribution < 1.29 is 9.15 Å². The first-order valence-corrected chi connectivity index (χ1v) is 9.18. The summed E-state index contributed by atoms with van der Waals surface area (Å²) in [5.74, 6) is 2.41. The van der Waals surface area contributed by atoms with Crippen molar-refractivity contribution in [1.29, 1.82) is 0 Å². The Kier molecular flexibility index (Phi) is 5.25. The van der Waals surface area contributed by atoms with Crippen LogP contribution in [0.4, 0.5) is 0 Å². The summed E-state index contributed by atoms with van der Waals surface area (Å²) in [5.41, 5.74) is 4.38. The standard InChI is InChI=1S/C20H24N2O2S/c1-13-8-9-25-19(13)12-22(4)11-17-15(3)24-20(21-17)16-6-7-18(23-5)14(2)10-16/h6-10H,11-12H2,1-5H3. The van der Waals surface area contributed by atoms with Gasteiger partial charge in [0.1, 0.15) is 11.5 Å². The van der Waals surface area contributed by atoms with E-state index < -0.39 is 0 Å². The summed E-state index contributed by atoms with van der Waals surface area (Å²) in [5, 5.41) is 2.14. The SMILES string of the molecule is COc1ccc(-c2nc(CN(C)Cc3sccc3C)c(C)o2)cc1C. The number of methoxy groups -OCH3 is 1. The van der Waals surface area contributed by atoms with E-state index in [0.717, 1.165) is 41.4 Å². The molecule has 3 aromatic rings. The van der Waals surface area contributed by atoms with Crippen LogP contribution in [0.2, 0.25) is 0 Å². The highest BCUT2D eigenvalue weighted by Crippen LogP contribution is 2.27. The Morgan fingerprint density at radius 1 is 1.12 bits per heavy atom. The first-order chi connectivity index (χ1) is 12.0. The Morgan fingerprint density at radius 2 is 1.92 bits per heavy atom. The minimum absolute atomic E-state index is 0.666. The number of rotatable bonds is 6. The predicted molar refractivity (Wildman–Crippen MR) is 102 cm³/mol. The maximum absolute atomic E-state index is 5.91. The maximum Gasteiger partial charge on any atom is 0.226 e. The summed E-state index contributed by atoms with van der Waals surface area (Å²) in [6, 6.07) is 8.15. The second-order valence-corrected chi connectivity index (χ2v) is 7.41. The lowest BCUT2D eigenvalue weighted by Gasteiger charge is -2.14. The fourth-order valence-corrected chi connectivity index (χ4v) is 3.82. The van der Waals surface area contributed by atoms with Crippen LogP contribution >= 0.6 is 11.3 Å². The number of aromatic nitrogens is 1. The van der Waals surface area contributed by atoms with Gasteiger partial charge in [-0.2, -0.15) is 0 Å². The topological polar surface area (TPSA) is 38.5 Å². The van der Waals surface area contributed by atoms with Crippen LogP contribution in [-0.2, 0) is 13.1 Å². The average Bonchev–Trinajstić information content (AvgIpc) is 3.14. The molecule has 0 aliphatic carbocycles. The van der Waals surface area contributed by atoms with Gasteiger partial charge in [-0.15, -0.1) is 11.3 Å². The number of hydrogen-bond acceptors (Lipinski definition) is 5. The normalized spacial score (nSPS) is 11.3. The maximum atomic E-state index is 5.91. The third kappa shape index (κ3) is 3.94. The first-order valence-electron chi connectivity index (χ1n) is 8.30. The number of hydrogen-bond donors (Lipinski definition) is 0. The lowest BCUT2D eigenvalue weighted by atomic mass is 10.1. The van der Waals surface area contributed by atoms with E-state index in [-0.39, 0.29) is 0 Å². The van der Waals surface area contributed by atoms with E-state index in [9.17, 15) is 0 Å². The number of benzene rings is 1. The van der Waals surface area contributed by atoms with Crippen LogP contribution in [0.15, 0.2) is 34.1 Å². The molecule has 0 spiro atoms. The summed E-state index contributed by atoms with van der Waals surface area (Å²) in [4.78, 5) is 8.39. The molecule has 4 nitrogen and oxygen atoms in total. The molecule has 0 atom stereocenters. The largest absolute Gasteiger partial charge is 0.496 e. The van der Waals surface area contributed by atoms with Crippen molar-refractivity contribution in [2.75, 3.05) is 14.2 Å². The molecular weight excluding hydrogens is 332 g/mol. The summed E-state index contributed by atoms with van der Waals surface area (Å²) in [7, 11) is 3.80. The molecule has 0 radical (unpaired) electrons. The van der Waals surface area contributed by atoms with E-state index in [1.54, 1.807) is 18.4 Å². The van der Waals surface area contributed by atoms with Crippen LogP contribution in [0.25, 0.3) is 11.5 Å². The molecule has 0 saturated carbocycles. The van der Waals surface area contributed by atoms with Crippen molar-refractivity contribution in [3.05, 3.63) is 57.1 Å². The van der Waals surface area contributed by atoms with Gasteiger partial charge in [-0.25, -0.2) is 4.98 Å². The lowest BCUT2D eigenvalue weighted by Crippen LogP contribution is -2.17. The highest BCUT2D eigenvalue weighted by Gasteiger charge is 2.15. The van der Waals surface area contributed by atoms with Gasteiger partial charge in [0.15, 0.2) is 0 Å². The zero-order valence-electron chi connectivity index (χ0n) is 15.4. The lowest BCUT2D eigenvalue weighted by molar-refractivity contribution is 0.315. The summed E-state index contributed by atoms with van der Waals surface area (Å²) < 4.78 is 11.2. The second-order valence-electron chi connectivity index (χ2n) is 6.41. The molecule has 3 rings (SSSR count). The van der Waals surface area contributed by atoms with Crippen molar-refractivity contribution in [1.82, 2.24) is 9.88 Å². The quantitative estimate of drug-likeness (QED) is 0.625. The van der Waals surface area contributed by atoms with Crippen molar-refractivity contribution in [3.8, 4) is 17.2 Å². The van der Waals surface area contributed by atoms with Crippen LogP contribution in [0.5, 0.6) is 5.75 Å². The third-order valence-corrected chi connectivity index (χ3v) is 5.34. The minimum atomic E-state index is 0.666. The van der Waals surface area contributed by atoms with Crippen molar-refractivity contribution in [2.24, 2.45) is 0 Å². The van der Waals surface area contributed by atoms with Crippen LogP contribution in [0.1, 0.15) is 27.5 Å². The van der Waals surface area contributed by atoms with E-state index >= 15 is 0 Å². The molecule has 5 heteroatoms. The molecule has 0 unspecified atom stereocenters. The Morgan fingerprint density at radius 3 is 2.56 bits per heavy atom. The molecule has 0 saturated heterocycles. The van der Waals surface area contributed by atoms with E-state index in [2.05, 4.69) is 30.3 Å². The third-order valence-electron chi connectivity index (χ3n) is 4.34. The zero-order valence-corrected chi connectivity index (χ0v) is 16.2. The number of ether oxygens (including phenoxy) is 1. The summed E-state index contributed by atoms with van der Waals surface area (Å²) in [6.45, 7) is 7.85. The molecule has 2 aromatic heterocycles. The molecule has 25 heavy (non-hydrogen) atoms. The monoisotopic (exact) mass is 356 g/mol. The molecule has 0 aliphatic heterocycles. The highest BCUT2D eigenvalue weighted by atomic mass is 32.1. The van der Waals surface area contributed by atoms with Gasteiger partial charge in [0.25, 0.3) is 0 Å². The van der Waals surface area contributed by atoms with Gasteiger partial charge in [0.2, 0.25) is 5.89 Å². The van der Waals surface area contributed by atoms with Crippen LogP contribution < -0.4 is 4.74 Å². The second kappa shape index (κ2) is 7.42. The summed E-state index contributed by atoms with van der Waals surface area (Å²) in [6.07, 6.45) is 0. The van der Waals surface area contributed by atoms with Gasteiger partial charge < -0.3 is 9.15 Å². The molecule has 0 bridgehead atoms. The molecule has 0 amide bonds. The molecule has 0 fully saturated rings. The molecule has 132 valence electrons. The molecular formula is C20H24N2O2S. The first kappa shape index (κ1) is 17.7. The Bertz CT molecular complexity index is 866. The molecule has 2 heterocycles. The van der Waals surface area contributed by atoms with Crippen LogP contribution in [-0.4, -0.2) is 24.0 Å². The van der Waals surface area contributed by atoms with E-state index in [1.165, 1.54) is 10.4 Å². The summed E-state index contributed by atoms with van der Waals surface area (Å²) >= 11 is 1.80. The van der Waals surface area contributed by atoms with Gasteiger partial charge >= 0.3 is 0 Å². The zero-order chi connectivity index (χ0) is 18.0. The van der Waals surface area contributed by atoms with Crippen LogP contribution in [0.3, 0.4) is 0 Å². The van der Waals surface area contributed by atoms with E-state index in [4.69, 9.17) is 14.1 Å². The number of aryl methyl sites for hydroxylation is 3. The van der Waals surface area contributed by atoms with Crippen LogP contribution in [0, 0.1) is 20.8 Å². The van der Waals surface area contributed by atoms with E-state index in [0.29, 0.717) is 5.89 Å². The van der Waals surface area contributed by atoms with Gasteiger partial charge in [-0.1, -0.05) is 0 Å². The van der Waals surface area contributed by atoms with Gasteiger partial charge in [-0.3, -0.25) is 4.90 Å². The number of thiophene rings is 1. The highest BCUT2D eigenvalue weighted by molar-refractivity contribution is 7.10. The molecule has 1 aromatic carbocycles. The Labute approximate surface area is 153 Å². The van der Waals surface area contributed by atoms with Gasteiger partial charge in [0.05, 0.1) is 12.8 Å². The molecule has 0 N–H and O–H groups in total. The number of nitrogens with zero attached hydrogens (tertiary/aromatic N) is 2. The van der Waals surface area contributed by atoms with Gasteiger partial charge in [0, 0.05) is 23.5 Å². The fraction of sp³-hybridized carbons (Fsp3) is 0.350. The average molecular weight is 356 g/mol. The molecule has 0 aliphatic rings. The minimum Gasteiger partial charge on any atom is -0.496 e. The predicted octanol–water partition coefficient (Wildman–Crippen LogP) is 4.97. The Hall–Kier alpha value is -2.11. The van der Waals surface area contributed by atoms with E-state index in [1.807, 2.05) is 32.0 Å². The fourth-order valence-electron chi connectivity index (χ4n) is 2.83. The van der Waals surface area contributed by atoms with Crippen molar-refractivity contribution in [2.45, 2.75) is 33.9 Å². The van der Waals surface area contributed by atoms with Crippen molar-refractivity contribution >= 4 is 11.3 Å². The van der Waals surface area contributed by atoms with Gasteiger partial charge in [-0.05, 0) is 68.6 Å².